The van der Waals surface area contributed by atoms with Crippen molar-refractivity contribution in [2.45, 2.75) is 6.92 Å². The molecule has 1 aromatic rings. The van der Waals surface area contributed by atoms with Crippen molar-refractivity contribution in [2.24, 2.45) is 0 Å². The minimum atomic E-state index is -0.199. The van der Waals surface area contributed by atoms with E-state index < -0.39 is 0 Å². The van der Waals surface area contributed by atoms with Crippen molar-refractivity contribution in [2.75, 3.05) is 0 Å². The number of halogens is 2. The summed E-state index contributed by atoms with van der Waals surface area (Å²) in [6.45, 7) is 1.86. The third-order valence-electron chi connectivity index (χ3n) is 1.08. The van der Waals surface area contributed by atoms with Crippen LogP contribution in [0.3, 0.4) is 0 Å². The summed E-state index contributed by atoms with van der Waals surface area (Å²) in [5, 5.41) is 0. The van der Waals surface area contributed by atoms with Crippen LogP contribution in [-0.4, -0.2) is 23.1 Å². The van der Waals surface area contributed by atoms with Gasteiger partial charge in [-0.1, -0.05) is 6.07 Å². The van der Waals surface area contributed by atoms with E-state index in [0.717, 1.165) is 5.56 Å². The molecule has 0 radical (unpaired) electrons. The van der Waals surface area contributed by atoms with Crippen molar-refractivity contribution in [1.29, 1.82) is 0 Å². The Kier molecular flexibility index (Phi) is 4.48. The zero-order chi connectivity index (χ0) is 6.85. The molecule has 0 atom stereocenters. The van der Waals surface area contributed by atoms with Gasteiger partial charge in [-0.05, 0) is 40.5 Å². The van der Waals surface area contributed by atoms with Crippen LogP contribution in [0.5, 0.6) is 0 Å². The number of aryl methyl sites for hydroxylation is 1. The van der Waals surface area contributed by atoms with E-state index in [-0.39, 0.29) is 31.7 Å². The maximum atomic E-state index is 12.5. The van der Waals surface area contributed by atoms with Crippen molar-refractivity contribution in [3.63, 3.8) is 0 Å². The molecule has 1 aromatic carbocycles. The molecule has 0 aliphatic carbocycles. The molecule has 3 heteroatoms. The number of rotatable bonds is 0. The molecule has 0 amide bonds. The summed E-state index contributed by atoms with van der Waals surface area (Å²) < 4.78 is 13.1. The molecule has 0 spiro atoms. The van der Waals surface area contributed by atoms with Crippen molar-refractivity contribution >= 4 is 39.0 Å². The van der Waals surface area contributed by atoms with E-state index in [1.807, 2.05) is 13.0 Å². The van der Waals surface area contributed by atoms with E-state index in [1.54, 1.807) is 6.07 Å². The summed E-state index contributed by atoms with van der Waals surface area (Å²) >= 11 is 3.05. The Labute approximate surface area is 87.1 Å². The summed E-state index contributed by atoms with van der Waals surface area (Å²) in [4.78, 5) is 0. The average molecular weight is 215 g/mol. The van der Waals surface area contributed by atoms with Crippen LogP contribution in [0.4, 0.5) is 4.39 Å². The summed E-state index contributed by atoms with van der Waals surface area (Å²) in [6, 6.07) is 5.04. The topological polar surface area (TPSA) is 0 Å². The Morgan fingerprint density at radius 1 is 1.50 bits per heavy atom. The molecule has 0 saturated carbocycles. The fourth-order valence-corrected chi connectivity index (χ4v) is 0.848. The van der Waals surface area contributed by atoms with Gasteiger partial charge in [0.05, 0.1) is 4.47 Å². The summed E-state index contributed by atoms with van der Waals surface area (Å²) in [6.07, 6.45) is 0. The molecule has 0 unspecified atom stereocenters. The number of hydrogen-bond acceptors (Lipinski definition) is 0. The first-order valence-electron chi connectivity index (χ1n) is 2.62. The van der Waals surface area contributed by atoms with Gasteiger partial charge >= 0.3 is 23.1 Å². The molecule has 52 valence electrons. The van der Waals surface area contributed by atoms with Crippen LogP contribution >= 0.6 is 15.9 Å². The van der Waals surface area contributed by atoms with E-state index in [1.165, 1.54) is 6.07 Å². The fraction of sp³-hybridized carbons (Fsp3) is 0.143. The zero-order valence-corrected chi connectivity index (χ0v) is 8.70. The van der Waals surface area contributed by atoms with Gasteiger partial charge in [0.1, 0.15) is 5.82 Å². The molecule has 0 N–H and O–H groups in total. The molecule has 10 heavy (non-hydrogen) atoms. The Morgan fingerprint density at radius 3 is 2.50 bits per heavy atom. The molecule has 0 nitrogen and oxygen atoms in total. The Hall–Kier alpha value is 0.396. The van der Waals surface area contributed by atoms with Crippen LogP contribution in [0.25, 0.3) is 0 Å². The SMILES string of the molecule is Cc1ccc(Br)c(F)c1.[H-].[H-].[Mg+2]. The van der Waals surface area contributed by atoms with E-state index in [0.29, 0.717) is 4.47 Å². The van der Waals surface area contributed by atoms with Gasteiger partial charge in [-0.2, -0.15) is 0 Å². The molecule has 0 aromatic heterocycles. The Bertz CT molecular complexity index is 233. The van der Waals surface area contributed by atoms with Crippen LogP contribution in [0, 0.1) is 12.7 Å². The smallest absolute Gasteiger partial charge is 1.00 e. The molecule has 0 saturated heterocycles. The number of hydrogen-bond donors (Lipinski definition) is 0. The van der Waals surface area contributed by atoms with Crippen LogP contribution in [0.1, 0.15) is 8.42 Å². The van der Waals surface area contributed by atoms with Gasteiger partial charge in [0.25, 0.3) is 0 Å². The van der Waals surface area contributed by atoms with Crippen molar-refractivity contribution in [1.82, 2.24) is 0 Å². The molecule has 0 heterocycles. The third-order valence-corrected chi connectivity index (χ3v) is 1.72. The van der Waals surface area contributed by atoms with Crippen LogP contribution in [0.15, 0.2) is 22.7 Å². The monoisotopic (exact) mass is 214 g/mol. The van der Waals surface area contributed by atoms with E-state index in [9.17, 15) is 4.39 Å². The van der Waals surface area contributed by atoms with Gasteiger partial charge in [-0.15, -0.1) is 0 Å². The van der Waals surface area contributed by atoms with Crippen molar-refractivity contribution in [3.8, 4) is 0 Å². The predicted octanol–water partition coefficient (Wildman–Crippen LogP) is 2.74. The Morgan fingerprint density at radius 2 is 2.10 bits per heavy atom. The molecular formula is C7H8BrFMg. The summed E-state index contributed by atoms with van der Waals surface area (Å²) in [7, 11) is 0. The van der Waals surface area contributed by atoms with Gasteiger partial charge in [-0.25, -0.2) is 4.39 Å². The van der Waals surface area contributed by atoms with Gasteiger partial charge in [-0.3, -0.25) is 0 Å². The van der Waals surface area contributed by atoms with E-state index >= 15 is 0 Å². The van der Waals surface area contributed by atoms with Gasteiger partial charge in [0.2, 0.25) is 0 Å². The normalized spacial score (nSPS) is 8.70. The van der Waals surface area contributed by atoms with Gasteiger partial charge < -0.3 is 2.85 Å². The molecule has 0 fully saturated rings. The second-order valence-corrected chi connectivity index (χ2v) is 2.77. The minimum Gasteiger partial charge on any atom is -1.00 e. The average Bonchev–Trinajstić information content (AvgIpc) is 1.80. The molecular weight excluding hydrogens is 207 g/mol. The largest absolute Gasteiger partial charge is 2.00 e. The maximum Gasteiger partial charge on any atom is 2.00 e. The maximum absolute atomic E-state index is 12.5. The third kappa shape index (κ3) is 2.56. The zero-order valence-electron chi connectivity index (χ0n) is 7.70. The van der Waals surface area contributed by atoms with Crippen molar-refractivity contribution in [3.05, 3.63) is 34.1 Å². The standard InChI is InChI=1S/C7H6BrF.Mg.2H/c1-5-2-3-6(8)7(9)4-5;;;/h2-4H,1H3;;;/q;+2;2*-1. The fourth-order valence-electron chi connectivity index (χ4n) is 0.601. The quantitative estimate of drug-likeness (QED) is 0.584. The van der Waals surface area contributed by atoms with Crippen LogP contribution < -0.4 is 0 Å². The number of benzene rings is 1. The first-order valence-corrected chi connectivity index (χ1v) is 3.41. The minimum absolute atomic E-state index is 0. The van der Waals surface area contributed by atoms with Crippen LogP contribution in [-0.2, 0) is 0 Å². The molecule has 0 aliphatic rings. The molecule has 0 bridgehead atoms. The first-order chi connectivity index (χ1) is 4.20. The second-order valence-electron chi connectivity index (χ2n) is 1.92. The molecule has 1 rings (SSSR count). The van der Waals surface area contributed by atoms with E-state index in [2.05, 4.69) is 15.9 Å². The Balaban J connectivity index is -0.000000270. The van der Waals surface area contributed by atoms with E-state index in [4.69, 9.17) is 0 Å². The second kappa shape index (κ2) is 4.31. The van der Waals surface area contributed by atoms with Gasteiger partial charge in [0, 0.05) is 0 Å². The summed E-state index contributed by atoms with van der Waals surface area (Å²) in [5.41, 5.74) is 0.940. The molecule has 0 aliphatic heterocycles. The first kappa shape index (κ1) is 10.4. The summed E-state index contributed by atoms with van der Waals surface area (Å²) in [5.74, 6) is -0.199. The predicted molar refractivity (Wildman–Crippen MR) is 46.8 cm³/mol. The van der Waals surface area contributed by atoms with Gasteiger partial charge in [0.15, 0.2) is 0 Å². The van der Waals surface area contributed by atoms with Crippen molar-refractivity contribution < 1.29 is 7.24 Å². The van der Waals surface area contributed by atoms with Crippen LogP contribution in [0.2, 0.25) is 0 Å².